The molecule has 128 valence electrons. The van der Waals surface area contributed by atoms with Gasteiger partial charge in [-0.05, 0) is 31.2 Å². The predicted octanol–water partition coefficient (Wildman–Crippen LogP) is 3.99. The number of amides is 1. The number of methoxy groups -OCH3 is 1. The zero-order valence-corrected chi connectivity index (χ0v) is 14.9. The third-order valence-corrected chi connectivity index (χ3v) is 4.06. The molecule has 1 amide bonds. The van der Waals surface area contributed by atoms with Gasteiger partial charge in [0.2, 0.25) is 0 Å². The van der Waals surface area contributed by atoms with Gasteiger partial charge in [-0.15, -0.1) is 0 Å². The smallest absolute Gasteiger partial charge is 0.337 e. The average molecular weight is 378 g/mol. The van der Waals surface area contributed by atoms with Crippen molar-refractivity contribution in [3.63, 3.8) is 0 Å². The summed E-state index contributed by atoms with van der Waals surface area (Å²) in [6, 6.07) is 8.01. The number of rotatable bonds is 3. The van der Waals surface area contributed by atoms with Gasteiger partial charge in [0.1, 0.15) is 5.69 Å². The van der Waals surface area contributed by atoms with Crippen molar-refractivity contribution in [1.82, 2.24) is 9.38 Å². The van der Waals surface area contributed by atoms with E-state index in [0.29, 0.717) is 38.3 Å². The van der Waals surface area contributed by atoms with Crippen molar-refractivity contribution >= 4 is 46.4 Å². The molecule has 1 aromatic carbocycles. The number of esters is 1. The van der Waals surface area contributed by atoms with E-state index < -0.39 is 11.9 Å². The van der Waals surface area contributed by atoms with Crippen LogP contribution in [0.25, 0.3) is 5.65 Å². The minimum Gasteiger partial charge on any atom is -0.465 e. The fourth-order valence-corrected chi connectivity index (χ4v) is 3.01. The summed E-state index contributed by atoms with van der Waals surface area (Å²) >= 11 is 12.2. The topological polar surface area (TPSA) is 72.7 Å². The highest BCUT2D eigenvalue weighted by molar-refractivity contribution is 6.36. The largest absolute Gasteiger partial charge is 0.465 e. The summed E-state index contributed by atoms with van der Waals surface area (Å²) in [6.45, 7) is 1.71. The number of halogens is 2. The molecule has 3 rings (SSSR count). The maximum atomic E-state index is 12.7. The van der Waals surface area contributed by atoms with E-state index in [1.807, 2.05) is 0 Å². The van der Waals surface area contributed by atoms with E-state index in [0.717, 1.165) is 0 Å². The summed E-state index contributed by atoms with van der Waals surface area (Å²) in [5.41, 5.74) is 2.04. The van der Waals surface area contributed by atoms with Crippen molar-refractivity contribution in [2.45, 2.75) is 6.92 Å². The summed E-state index contributed by atoms with van der Waals surface area (Å²) in [4.78, 5) is 28.6. The highest BCUT2D eigenvalue weighted by Gasteiger charge is 2.19. The van der Waals surface area contributed by atoms with Gasteiger partial charge in [0.15, 0.2) is 5.65 Å². The zero-order chi connectivity index (χ0) is 18.1. The Labute approximate surface area is 153 Å². The molecule has 0 atom stereocenters. The lowest BCUT2D eigenvalue weighted by Crippen LogP contribution is -2.16. The number of imidazole rings is 1. The maximum absolute atomic E-state index is 12.7. The number of anilines is 1. The molecule has 0 aliphatic carbocycles. The number of ether oxygens (including phenoxy) is 1. The first-order chi connectivity index (χ1) is 11.9. The standard InChI is InChI=1S/C17H13Cl2N3O3/c1-9-14(22-8-11(18)7-13(19)15(22)20-9)16(23)21-12-5-3-4-10(6-12)17(24)25-2/h3-8H,1-2H3,(H,21,23). The van der Waals surface area contributed by atoms with Crippen LogP contribution in [0.2, 0.25) is 10.0 Å². The van der Waals surface area contributed by atoms with Crippen LogP contribution in [-0.2, 0) is 4.74 Å². The summed E-state index contributed by atoms with van der Waals surface area (Å²) < 4.78 is 6.22. The van der Waals surface area contributed by atoms with Crippen LogP contribution in [0.1, 0.15) is 26.5 Å². The Bertz CT molecular complexity index is 998. The Balaban J connectivity index is 1.98. The second kappa shape index (κ2) is 6.74. The maximum Gasteiger partial charge on any atom is 0.337 e. The summed E-state index contributed by atoms with van der Waals surface area (Å²) in [5.74, 6) is -0.883. The predicted molar refractivity (Wildman–Crippen MR) is 95.7 cm³/mol. The number of nitrogens with zero attached hydrogens (tertiary/aromatic N) is 2. The molecule has 0 unspecified atom stereocenters. The molecule has 2 aromatic heterocycles. The molecule has 8 heteroatoms. The van der Waals surface area contributed by atoms with Crippen LogP contribution in [0.15, 0.2) is 36.5 Å². The lowest BCUT2D eigenvalue weighted by molar-refractivity contribution is 0.0600. The Kier molecular flexibility index (Phi) is 4.65. The molecule has 6 nitrogen and oxygen atoms in total. The number of aryl methyl sites for hydroxylation is 1. The van der Waals surface area contributed by atoms with Crippen molar-refractivity contribution in [1.29, 1.82) is 0 Å². The SMILES string of the molecule is COC(=O)c1cccc(NC(=O)c2c(C)nc3c(Cl)cc(Cl)cn23)c1. The highest BCUT2D eigenvalue weighted by Crippen LogP contribution is 2.25. The molecule has 0 radical (unpaired) electrons. The van der Waals surface area contributed by atoms with Crippen molar-refractivity contribution in [3.05, 3.63) is 63.5 Å². The van der Waals surface area contributed by atoms with Crippen LogP contribution in [0.5, 0.6) is 0 Å². The first-order valence-electron chi connectivity index (χ1n) is 7.24. The molecule has 3 aromatic rings. The van der Waals surface area contributed by atoms with Crippen LogP contribution >= 0.6 is 23.2 Å². The van der Waals surface area contributed by atoms with E-state index in [9.17, 15) is 9.59 Å². The zero-order valence-electron chi connectivity index (χ0n) is 13.3. The fraction of sp³-hybridized carbons (Fsp3) is 0.118. The Hall–Kier alpha value is -2.57. The van der Waals surface area contributed by atoms with E-state index in [1.54, 1.807) is 41.8 Å². The molecule has 0 fully saturated rings. The van der Waals surface area contributed by atoms with Gasteiger partial charge < -0.3 is 10.1 Å². The monoisotopic (exact) mass is 377 g/mol. The number of carbonyl (C=O) groups is 2. The number of fused-ring (bicyclic) bond motifs is 1. The normalized spacial score (nSPS) is 10.7. The molecular weight excluding hydrogens is 365 g/mol. The highest BCUT2D eigenvalue weighted by atomic mass is 35.5. The van der Waals surface area contributed by atoms with E-state index in [1.165, 1.54) is 13.2 Å². The van der Waals surface area contributed by atoms with Gasteiger partial charge in [0, 0.05) is 11.9 Å². The quantitative estimate of drug-likeness (QED) is 0.700. The number of pyridine rings is 1. The van der Waals surface area contributed by atoms with Gasteiger partial charge >= 0.3 is 5.97 Å². The lowest BCUT2D eigenvalue weighted by Gasteiger charge is -2.08. The summed E-state index contributed by atoms with van der Waals surface area (Å²) in [7, 11) is 1.29. The van der Waals surface area contributed by atoms with Gasteiger partial charge in [0.25, 0.3) is 5.91 Å². The lowest BCUT2D eigenvalue weighted by atomic mass is 10.2. The van der Waals surface area contributed by atoms with Crippen molar-refractivity contribution < 1.29 is 14.3 Å². The number of nitrogens with one attached hydrogen (secondary N) is 1. The van der Waals surface area contributed by atoms with Crippen LogP contribution in [0.4, 0.5) is 5.69 Å². The van der Waals surface area contributed by atoms with E-state index in [4.69, 9.17) is 23.2 Å². The third kappa shape index (κ3) is 3.31. The van der Waals surface area contributed by atoms with Gasteiger partial charge in [-0.3, -0.25) is 9.20 Å². The molecule has 0 spiro atoms. The van der Waals surface area contributed by atoms with Crippen LogP contribution in [0, 0.1) is 6.92 Å². The molecular formula is C17H13Cl2N3O3. The van der Waals surface area contributed by atoms with Crippen molar-refractivity contribution in [2.75, 3.05) is 12.4 Å². The minimum absolute atomic E-state index is 0.308. The van der Waals surface area contributed by atoms with Gasteiger partial charge in [-0.25, -0.2) is 9.78 Å². The Morgan fingerprint density at radius 3 is 2.72 bits per heavy atom. The fourth-order valence-electron chi connectivity index (χ4n) is 2.49. The second-order valence-corrected chi connectivity index (χ2v) is 6.12. The van der Waals surface area contributed by atoms with Crippen LogP contribution < -0.4 is 5.32 Å². The molecule has 0 saturated carbocycles. The summed E-state index contributed by atoms with van der Waals surface area (Å²) in [6.07, 6.45) is 1.57. The van der Waals surface area contributed by atoms with Crippen molar-refractivity contribution in [2.24, 2.45) is 0 Å². The first-order valence-corrected chi connectivity index (χ1v) is 7.99. The van der Waals surface area contributed by atoms with E-state index >= 15 is 0 Å². The average Bonchev–Trinajstić information content (AvgIpc) is 2.90. The summed E-state index contributed by atoms with van der Waals surface area (Å²) in [5, 5.41) is 3.48. The Morgan fingerprint density at radius 1 is 1.24 bits per heavy atom. The number of hydrogen-bond acceptors (Lipinski definition) is 4. The van der Waals surface area contributed by atoms with E-state index in [2.05, 4.69) is 15.0 Å². The number of aromatic nitrogens is 2. The molecule has 1 N–H and O–H groups in total. The van der Waals surface area contributed by atoms with Crippen molar-refractivity contribution in [3.8, 4) is 0 Å². The number of hydrogen-bond donors (Lipinski definition) is 1. The molecule has 0 aliphatic heterocycles. The molecule has 25 heavy (non-hydrogen) atoms. The van der Waals surface area contributed by atoms with E-state index in [-0.39, 0.29) is 0 Å². The molecule has 0 aliphatic rings. The molecule has 0 saturated heterocycles. The Morgan fingerprint density at radius 2 is 2.00 bits per heavy atom. The first kappa shape index (κ1) is 17.3. The molecule has 0 bridgehead atoms. The second-order valence-electron chi connectivity index (χ2n) is 5.27. The minimum atomic E-state index is -0.486. The van der Waals surface area contributed by atoms with Gasteiger partial charge in [-0.1, -0.05) is 29.3 Å². The van der Waals surface area contributed by atoms with Gasteiger partial charge in [-0.2, -0.15) is 0 Å². The number of carbonyl (C=O) groups excluding carboxylic acids is 2. The third-order valence-electron chi connectivity index (χ3n) is 3.57. The molecule has 2 heterocycles. The van der Waals surface area contributed by atoms with Gasteiger partial charge in [0.05, 0.1) is 28.4 Å². The van der Waals surface area contributed by atoms with Crippen LogP contribution in [-0.4, -0.2) is 28.4 Å². The number of benzene rings is 1. The van der Waals surface area contributed by atoms with Crippen LogP contribution in [0.3, 0.4) is 0 Å².